The third kappa shape index (κ3) is 5.34. The van der Waals surface area contributed by atoms with Gasteiger partial charge in [-0.05, 0) is 38.5 Å². The minimum absolute atomic E-state index is 0.326. The van der Waals surface area contributed by atoms with Crippen molar-refractivity contribution in [3.8, 4) is 0 Å². The lowest BCUT2D eigenvalue weighted by molar-refractivity contribution is -0.148. The number of nitrogens with zero attached hydrogens (tertiary/aromatic N) is 2. The van der Waals surface area contributed by atoms with Crippen molar-refractivity contribution >= 4 is 23.7 Å². The predicted octanol–water partition coefficient (Wildman–Crippen LogP) is 3.11. The fraction of sp³-hybridized carbons (Fsp3) is 0.556. The summed E-state index contributed by atoms with van der Waals surface area (Å²) < 4.78 is 10.4. The van der Waals surface area contributed by atoms with E-state index in [1.54, 1.807) is 17.0 Å². The van der Waals surface area contributed by atoms with Crippen LogP contribution in [0.3, 0.4) is 0 Å². The molecule has 0 saturated carbocycles. The van der Waals surface area contributed by atoms with Gasteiger partial charge in [0.15, 0.2) is 0 Å². The van der Waals surface area contributed by atoms with E-state index >= 15 is 0 Å². The van der Waals surface area contributed by atoms with Gasteiger partial charge >= 0.3 is 12.1 Å². The third-order valence-corrected chi connectivity index (χ3v) is 4.19. The van der Waals surface area contributed by atoms with Crippen molar-refractivity contribution < 1.29 is 19.1 Å². The van der Waals surface area contributed by atoms with Crippen LogP contribution in [0.25, 0.3) is 0 Å². The first-order valence-corrected chi connectivity index (χ1v) is 8.64. The Labute approximate surface area is 153 Å². The molecule has 1 heterocycles. The SMILES string of the molecule is COC(=O)[C@H](c1ccc(Cl)cc1)N1CCN(C(=O)OC(C)(C)C)CC1. The van der Waals surface area contributed by atoms with Gasteiger partial charge in [0, 0.05) is 31.2 Å². The zero-order valence-corrected chi connectivity index (χ0v) is 15.9. The van der Waals surface area contributed by atoms with Gasteiger partial charge in [-0.2, -0.15) is 0 Å². The van der Waals surface area contributed by atoms with E-state index in [0.29, 0.717) is 31.2 Å². The Morgan fingerprint density at radius 2 is 1.64 bits per heavy atom. The molecule has 1 aromatic carbocycles. The first-order valence-electron chi connectivity index (χ1n) is 8.26. The molecule has 1 amide bonds. The van der Waals surface area contributed by atoms with Crippen molar-refractivity contribution in [1.29, 1.82) is 0 Å². The van der Waals surface area contributed by atoms with Gasteiger partial charge in [-0.25, -0.2) is 9.59 Å². The lowest BCUT2D eigenvalue weighted by atomic mass is 10.0. The second-order valence-electron chi connectivity index (χ2n) is 6.98. The Bertz CT molecular complexity index is 604. The number of hydrogen-bond acceptors (Lipinski definition) is 5. The molecule has 138 valence electrons. The average molecular weight is 369 g/mol. The fourth-order valence-corrected chi connectivity index (χ4v) is 2.87. The van der Waals surface area contributed by atoms with Crippen LogP contribution in [0.1, 0.15) is 32.4 Å². The highest BCUT2D eigenvalue weighted by atomic mass is 35.5. The molecule has 1 atom stereocenters. The number of amides is 1. The molecule has 1 aliphatic rings. The minimum atomic E-state index is -0.522. The van der Waals surface area contributed by atoms with Crippen LogP contribution in [0.5, 0.6) is 0 Å². The van der Waals surface area contributed by atoms with E-state index in [2.05, 4.69) is 0 Å². The summed E-state index contributed by atoms with van der Waals surface area (Å²) in [5.41, 5.74) is 0.300. The number of carbonyl (C=O) groups excluding carboxylic acids is 2. The Balaban J connectivity index is 2.06. The lowest BCUT2D eigenvalue weighted by Crippen LogP contribution is -2.52. The van der Waals surface area contributed by atoms with Crippen LogP contribution in [0, 0.1) is 0 Å². The van der Waals surface area contributed by atoms with Gasteiger partial charge in [0.2, 0.25) is 0 Å². The molecule has 2 rings (SSSR count). The van der Waals surface area contributed by atoms with E-state index in [1.165, 1.54) is 7.11 Å². The van der Waals surface area contributed by atoms with Gasteiger partial charge in [-0.1, -0.05) is 23.7 Å². The van der Waals surface area contributed by atoms with Crippen LogP contribution in [-0.4, -0.2) is 60.8 Å². The van der Waals surface area contributed by atoms with Gasteiger partial charge < -0.3 is 14.4 Å². The lowest BCUT2D eigenvalue weighted by Gasteiger charge is -2.38. The zero-order valence-electron chi connectivity index (χ0n) is 15.1. The minimum Gasteiger partial charge on any atom is -0.468 e. The predicted molar refractivity (Wildman–Crippen MR) is 95.6 cm³/mol. The van der Waals surface area contributed by atoms with Crippen LogP contribution in [0.2, 0.25) is 5.02 Å². The van der Waals surface area contributed by atoms with Gasteiger partial charge in [0.05, 0.1) is 7.11 Å². The molecule has 0 aliphatic carbocycles. The molecular formula is C18H25ClN2O4. The number of piperazine rings is 1. The van der Waals surface area contributed by atoms with Crippen molar-refractivity contribution in [1.82, 2.24) is 9.80 Å². The molecule has 0 aromatic heterocycles. The highest BCUT2D eigenvalue weighted by Crippen LogP contribution is 2.25. The molecule has 0 radical (unpaired) electrons. The standard InChI is InChI=1S/C18H25ClN2O4/c1-18(2,3)25-17(23)21-11-9-20(10-12-21)15(16(22)24-4)13-5-7-14(19)8-6-13/h5-8,15H,9-12H2,1-4H3/t15-/m0/s1. The van der Waals surface area contributed by atoms with E-state index in [-0.39, 0.29) is 12.1 Å². The average Bonchev–Trinajstić information content (AvgIpc) is 2.55. The van der Waals surface area contributed by atoms with Gasteiger partial charge in [-0.15, -0.1) is 0 Å². The number of hydrogen-bond donors (Lipinski definition) is 0. The topological polar surface area (TPSA) is 59.1 Å². The second-order valence-corrected chi connectivity index (χ2v) is 7.42. The maximum absolute atomic E-state index is 12.3. The van der Waals surface area contributed by atoms with Gasteiger partial charge in [0.25, 0.3) is 0 Å². The van der Waals surface area contributed by atoms with E-state index in [0.717, 1.165) is 5.56 Å². The van der Waals surface area contributed by atoms with Crippen LogP contribution >= 0.6 is 11.6 Å². The number of halogens is 1. The van der Waals surface area contributed by atoms with Crippen molar-refractivity contribution in [3.05, 3.63) is 34.9 Å². The monoisotopic (exact) mass is 368 g/mol. The molecule has 1 fully saturated rings. The summed E-state index contributed by atoms with van der Waals surface area (Å²) in [5, 5.41) is 0.613. The molecule has 1 saturated heterocycles. The first-order chi connectivity index (χ1) is 11.7. The number of ether oxygens (including phenoxy) is 2. The van der Waals surface area contributed by atoms with Crippen LogP contribution < -0.4 is 0 Å². The summed E-state index contributed by atoms with van der Waals surface area (Å²) in [6.07, 6.45) is -0.326. The molecule has 7 heteroatoms. The number of methoxy groups -OCH3 is 1. The maximum atomic E-state index is 12.3. The normalized spacial score (nSPS) is 17.1. The second kappa shape index (κ2) is 8.06. The molecule has 0 spiro atoms. The summed E-state index contributed by atoms with van der Waals surface area (Å²) >= 11 is 5.93. The van der Waals surface area contributed by atoms with Crippen molar-refractivity contribution in [3.63, 3.8) is 0 Å². The maximum Gasteiger partial charge on any atom is 0.410 e. The summed E-state index contributed by atoms with van der Waals surface area (Å²) in [4.78, 5) is 28.1. The Kier molecular flexibility index (Phi) is 6.30. The van der Waals surface area contributed by atoms with Crippen molar-refractivity contribution in [2.24, 2.45) is 0 Å². The first kappa shape index (κ1) is 19.5. The van der Waals surface area contributed by atoms with Gasteiger partial charge in [-0.3, -0.25) is 4.90 Å². The molecule has 1 aliphatic heterocycles. The fourth-order valence-electron chi connectivity index (χ4n) is 2.74. The summed E-state index contributed by atoms with van der Waals surface area (Å²) in [5.74, 6) is -0.326. The Hall–Kier alpha value is -1.79. The molecule has 1 aromatic rings. The highest BCUT2D eigenvalue weighted by molar-refractivity contribution is 6.30. The zero-order chi connectivity index (χ0) is 18.6. The van der Waals surface area contributed by atoms with Crippen LogP contribution in [0.15, 0.2) is 24.3 Å². The van der Waals surface area contributed by atoms with E-state index < -0.39 is 11.6 Å². The molecule has 0 unspecified atom stereocenters. The van der Waals surface area contributed by atoms with Crippen molar-refractivity contribution in [2.75, 3.05) is 33.3 Å². The number of benzene rings is 1. The smallest absolute Gasteiger partial charge is 0.410 e. The molecule has 0 N–H and O–H groups in total. The molecule has 25 heavy (non-hydrogen) atoms. The number of esters is 1. The summed E-state index contributed by atoms with van der Waals surface area (Å²) in [7, 11) is 1.38. The van der Waals surface area contributed by atoms with Crippen LogP contribution in [-0.2, 0) is 14.3 Å². The molecular weight excluding hydrogens is 344 g/mol. The number of rotatable bonds is 3. The van der Waals surface area contributed by atoms with Crippen molar-refractivity contribution in [2.45, 2.75) is 32.4 Å². The van der Waals surface area contributed by atoms with Gasteiger partial charge in [0.1, 0.15) is 11.6 Å². The highest BCUT2D eigenvalue weighted by Gasteiger charge is 2.33. The molecule has 6 nitrogen and oxygen atoms in total. The van der Waals surface area contributed by atoms with Crippen LogP contribution in [0.4, 0.5) is 4.79 Å². The summed E-state index contributed by atoms with van der Waals surface area (Å²) in [6, 6.07) is 6.64. The third-order valence-electron chi connectivity index (χ3n) is 3.94. The van der Waals surface area contributed by atoms with E-state index in [1.807, 2.05) is 37.8 Å². The largest absolute Gasteiger partial charge is 0.468 e. The Morgan fingerprint density at radius 3 is 2.12 bits per heavy atom. The number of carbonyl (C=O) groups is 2. The molecule has 0 bridgehead atoms. The summed E-state index contributed by atoms with van der Waals surface area (Å²) in [6.45, 7) is 7.63. The van der Waals surface area contributed by atoms with E-state index in [4.69, 9.17) is 21.1 Å². The quantitative estimate of drug-likeness (QED) is 0.767. The Morgan fingerprint density at radius 1 is 1.08 bits per heavy atom. The van der Waals surface area contributed by atoms with E-state index in [9.17, 15) is 9.59 Å².